The second-order valence-corrected chi connectivity index (χ2v) is 31.7. The summed E-state index contributed by atoms with van der Waals surface area (Å²) in [6.45, 7) is 34.1. The fourth-order valence-electron chi connectivity index (χ4n) is 13.7. The van der Waals surface area contributed by atoms with Gasteiger partial charge in [0.15, 0.2) is 0 Å². The third kappa shape index (κ3) is 32.8. The number of benzene rings is 1. The Balaban J connectivity index is 0.000000500. The number of carbonyl (C=O) groups is 15. The molecule has 1 aromatic rings. The van der Waals surface area contributed by atoms with E-state index in [-0.39, 0.29) is 101 Å². The molecule has 15 amide bonds. The molecule has 670 valence electrons. The van der Waals surface area contributed by atoms with Gasteiger partial charge in [-0.2, -0.15) is 0 Å². The highest BCUT2D eigenvalue weighted by Gasteiger charge is 2.47. The molecule has 0 bridgehead atoms. The van der Waals surface area contributed by atoms with Crippen LogP contribution in [0.25, 0.3) is 0 Å². The molecular weight excluding hydrogens is 1530 g/mol. The van der Waals surface area contributed by atoms with Gasteiger partial charge in [-0.15, -0.1) is 0 Å². The Kier molecular flexibility index (Phi) is 46.1. The molecule has 10 N–H and O–H groups in total. The minimum absolute atomic E-state index is 0.00180. The van der Waals surface area contributed by atoms with Crippen LogP contribution in [0.3, 0.4) is 0 Å². The van der Waals surface area contributed by atoms with Crippen LogP contribution < -0.4 is 53.2 Å². The Bertz CT molecular complexity index is 3230. The highest BCUT2D eigenvalue weighted by atomic mass is 16.6. The molecule has 0 radical (unpaired) electrons. The number of alkyl carbamates (subject to hydrolysis) is 5. The number of likely N-dealkylation sites (tertiary alicyclic amines) is 5. The van der Waals surface area contributed by atoms with Crippen LogP contribution in [0.1, 0.15) is 206 Å². The van der Waals surface area contributed by atoms with Crippen LogP contribution in [-0.2, 0) is 81.1 Å². The molecule has 0 aliphatic carbocycles. The van der Waals surface area contributed by atoms with Crippen molar-refractivity contribution < 1.29 is 105 Å². The lowest BCUT2D eigenvalue weighted by Gasteiger charge is -2.36. The molecule has 37 heteroatoms. The fraction of sp³-hybridized carbons (Fsp3) is 0.741. The maximum atomic E-state index is 13.1. The smallest absolute Gasteiger partial charge is 0.407 e. The zero-order valence-corrected chi connectivity index (χ0v) is 74.0. The van der Waals surface area contributed by atoms with Crippen molar-refractivity contribution in [2.24, 2.45) is 11.8 Å². The van der Waals surface area contributed by atoms with Crippen LogP contribution in [0.4, 0.5) is 24.0 Å². The molecule has 5 heterocycles. The van der Waals surface area contributed by atoms with Gasteiger partial charge in [-0.1, -0.05) is 70.9 Å². The molecule has 5 fully saturated rings. The van der Waals surface area contributed by atoms with Crippen molar-refractivity contribution in [1.82, 2.24) is 77.7 Å². The van der Waals surface area contributed by atoms with E-state index in [0.717, 1.165) is 44.9 Å². The number of nitrogens with zero attached hydrogens (tertiary/aromatic N) is 5. The van der Waals surface area contributed by atoms with E-state index < -0.39 is 103 Å². The molecule has 5 aliphatic heterocycles. The lowest BCUT2D eigenvalue weighted by Crippen LogP contribution is -2.61. The summed E-state index contributed by atoms with van der Waals surface area (Å²) in [4.78, 5) is 192. The summed E-state index contributed by atoms with van der Waals surface area (Å²) in [6.07, 6.45) is 4.45. The molecule has 0 spiro atoms. The molecule has 6 rings (SSSR count). The quantitative estimate of drug-likeness (QED) is 0.0469. The molecule has 0 aromatic heterocycles. The predicted molar refractivity (Wildman–Crippen MR) is 439 cm³/mol. The molecule has 0 saturated carbocycles. The number of carbonyl (C=O) groups excluding carboxylic acids is 15. The highest BCUT2D eigenvalue weighted by molar-refractivity contribution is 5.96. The van der Waals surface area contributed by atoms with Gasteiger partial charge in [0.1, 0.15) is 60.4 Å². The van der Waals surface area contributed by atoms with E-state index in [1.807, 2.05) is 103 Å². The van der Waals surface area contributed by atoms with E-state index >= 15 is 0 Å². The van der Waals surface area contributed by atoms with Gasteiger partial charge in [0.05, 0.1) is 47.3 Å². The molecule has 13 atom stereocenters. The van der Waals surface area contributed by atoms with Gasteiger partial charge < -0.3 is 111 Å². The Morgan fingerprint density at radius 3 is 0.864 bits per heavy atom. The average Bonchev–Trinajstić information content (AvgIpc) is 1.48. The molecule has 118 heavy (non-hydrogen) atoms. The molecule has 0 unspecified atom stereocenters. The van der Waals surface area contributed by atoms with Crippen molar-refractivity contribution >= 4 is 89.5 Å². The largest absolute Gasteiger partial charge is 0.453 e. The van der Waals surface area contributed by atoms with Crippen LogP contribution in [0.2, 0.25) is 0 Å². The first-order valence-corrected chi connectivity index (χ1v) is 40.9. The zero-order chi connectivity index (χ0) is 89.6. The van der Waals surface area contributed by atoms with Gasteiger partial charge in [0, 0.05) is 77.2 Å². The summed E-state index contributed by atoms with van der Waals surface area (Å²) in [6, 6.07) is 2.40. The van der Waals surface area contributed by atoms with Crippen LogP contribution in [0, 0.1) is 11.8 Å². The Hall–Kier alpha value is -9.81. The van der Waals surface area contributed by atoms with E-state index in [1.54, 1.807) is 59.7 Å². The van der Waals surface area contributed by atoms with E-state index in [9.17, 15) is 71.9 Å². The van der Waals surface area contributed by atoms with Crippen molar-refractivity contribution in [2.45, 2.75) is 297 Å². The number of hydrogen-bond donors (Lipinski definition) is 10. The topological polar surface area (TPSA) is 457 Å². The van der Waals surface area contributed by atoms with E-state index in [0.29, 0.717) is 70.4 Å². The monoisotopic (exact) mass is 1670 g/mol. The van der Waals surface area contributed by atoms with Gasteiger partial charge in [0.2, 0.25) is 53.2 Å². The fourth-order valence-corrected chi connectivity index (χ4v) is 13.7. The van der Waals surface area contributed by atoms with Gasteiger partial charge in [0.25, 0.3) is 5.91 Å². The standard InChI is InChI=1S/C18H25N3O4.C16H29N3O5.2C16H29N3O4.C15H27N3O5/c1-12(2)19-16(22)14-10-7-11-21(14)17(23)15(20-18(24)25-3)13-8-5-4-6-9-13;1-10(2)17-13(20)11-8-7-9-19(11)14(21)12(16(3,4)24-6)18-15(22)23-5;2*1-6-11(4)13(18-16(22)23-5)15(21)19-9-7-8-12(19)14(20)17-10(2)3;1-9(2)16-13(19)11-7-6-8-18(11)14(20)12(10(3)22-4)17-15(21)23-5/h4-6,8-9,12,14-15H,7,10-11H2,1-3H3,(H,19,22)(H,20,24);10-12H,7-9H2,1-6H3,(H,17,20)(H,18,22);2*10-13H,6-9H2,1-5H3,(H,17,20)(H,18,22);9-12H,6-8H2,1-5H3,(H,16,19)(H,17,21)/t14-,15-;11-,12+;11-,12+,13+;11-,12-,13-;10-,11-,12-/m00100/s1. The second kappa shape index (κ2) is 52.2. The summed E-state index contributed by atoms with van der Waals surface area (Å²) in [5.41, 5.74) is -0.305. The molecular formula is C81H139N15O22. The summed E-state index contributed by atoms with van der Waals surface area (Å²) in [5.74, 6) is -2.30. The van der Waals surface area contributed by atoms with Crippen LogP contribution >= 0.6 is 0 Å². The van der Waals surface area contributed by atoms with E-state index in [2.05, 4.69) is 76.9 Å². The number of amides is 15. The number of ether oxygens (including phenoxy) is 7. The summed E-state index contributed by atoms with van der Waals surface area (Å²) < 4.78 is 33.6. The number of hydrogen-bond acceptors (Lipinski definition) is 22. The summed E-state index contributed by atoms with van der Waals surface area (Å²) in [5, 5.41) is 27.0. The van der Waals surface area contributed by atoms with E-state index in [4.69, 9.17) is 9.47 Å². The van der Waals surface area contributed by atoms with Gasteiger partial charge >= 0.3 is 30.5 Å². The number of methoxy groups -OCH3 is 7. The van der Waals surface area contributed by atoms with Crippen molar-refractivity contribution in [2.75, 3.05) is 82.5 Å². The average molecular weight is 1680 g/mol. The third-order valence-corrected chi connectivity index (χ3v) is 20.5. The number of rotatable bonds is 29. The molecule has 5 aliphatic rings. The molecule has 1 aromatic carbocycles. The third-order valence-electron chi connectivity index (χ3n) is 20.5. The van der Waals surface area contributed by atoms with Gasteiger partial charge in [-0.3, -0.25) is 47.9 Å². The normalized spacial score (nSPS) is 19.4. The van der Waals surface area contributed by atoms with E-state index in [1.165, 1.54) is 59.6 Å². The van der Waals surface area contributed by atoms with Crippen molar-refractivity contribution in [3.63, 3.8) is 0 Å². The first-order valence-electron chi connectivity index (χ1n) is 40.9. The summed E-state index contributed by atoms with van der Waals surface area (Å²) >= 11 is 0. The van der Waals surface area contributed by atoms with Crippen LogP contribution in [0.15, 0.2) is 30.3 Å². The Morgan fingerprint density at radius 1 is 0.347 bits per heavy atom. The Labute approximate surface area is 696 Å². The van der Waals surface area contributed by atoms with Crippen LogP contribution in [-0.4, -0.2) is 293 Å². The van der Waals surface area contributed by atoms with Crippen molar-refractivity contribution in [3.8, 4) is 0 Å². The first kappa shape index (κ1) is 104. The molecule has 37 nitrogen and oxygen atoms in total. The lowest BCUT2D eigenvalue weighted by molar-refractivity contribution is -0.145. The minimum Gasteiger partial charge on any atom is -0.453 e. The van der Waals surface area contributed by atoms with Crippen molar-refractivity contribution in [1.29, 1.82) is 0 Å². The van der Waals surface area contributed by atoms with Gasteiger partial charge in [-0.05, 0) is 172 Å². The minimum atomic E-state index is -0.956. The van der Waals surface area contributed by atoms with Gasteiger partial charge in [-0.25, -0.2) is 24.0 Å². The SMILES string of the molecule is CC[C@@H](C)[C@H](NC(=O)OC)C(=O)N1CCC[C@H]1C(=O)NC(C)C.CC[C@H](C)[C@H](NC(=O)OC)C(=O)N1CCC[C@H]1C(=O)NC(C)C.COC(=O)N[C@H](C(=O)N1CCC[C@H]1C(=O)NC(C)C)C(C)(C)OC.COC(=O)N[C@H](C(=O)N1CCC[C@H]1C(=O)NC(C)C)[C@H](C)OC.COC(=O)N[C@H](C(=O)N1CCC[C@H]1C(=O)NC(C)C)c1ccccc1. The summed E-state index contributed by atoms with van der Waals surface area (Å²) in [7, 11) is 9.15. The van der Waals surface area contributed by atoms with Crippen LogP contribution in [0.5, 0.6) is 0 Å². The molecule has 5 saturated heterocycles. The highest BCUT2D eigenvalue weighted by Crippen LogP contribution is 2.29. The Morgan fingerprint density at radius 2 is 0.602 bits per heavy atom. The first-order chi connectivity index (χ1) is 55.5. The maximum absolute atomic E-state index is 13.1. The number of nitrogens with one attached hydrogen (secondary N) is 10. The predicted octanol–water partition coefficient (Wildman–Crippen LogP) is 5.06. The van der Waals surface area contributed by atoms with Crippen molar-refractivity contribution in [3.05, 3.63) is 35.9 Å². The second-order valence-electron chi connectivity index (χ2n) is 31.7. The lowest BCUT2D eigenvalue weighted by atomic mass is 9.96. The zero-order valence-electron chi connectivity index (χ0n) is 74.0. The maximum Gasteiger partial charge on any atom is 0.407 e.